The quantitative estimate of drug-likeness (QED) is 0.460. The summed E-state index contributed by atoms with van der Waals surface area (Å²) in [5.74, 6) is -0.470. The zero-order valence-electron chi connectivity index (χ0n) is 11.8. The lowest BCUT2D eigenvalue weighted by molar-refractivity contribution is 0.0910. The van der Waals surface area contributed by atoms with Gasteiger partial charge in [-0.25, -0.2) is 0 Å². The van der Waals surface area contributed by atoms with Crippen molar-refractivity contribution < 1.29 is 14.3 Å². The lowest BCUT2D eigenvalue weighted by Gasteiger charge is -2.07. The fourth-order valence-corrected chi connectivity index (χ4v) is 1.86. The number of hydrogen-bond donors (Lipinski definition) is 0. The van der Waals surface area contributed by atoms with E-state index in [0.717, 1.165) is 0 Å². The van der Waals surface area contributed by atoms with Crippen LogP contribution in [0.1, 0.15) is 27.6 Å². The third-order valence-corrected chi connectivity index (χ3v) is 2.88. The lowest BCUT2D eigenvalue weighted by atomic mass is 10.1. The number of allylic oxidation sites excluding steroid dienone is 2. The van der Waals surface area contributed by atoms with E-state index in [0.29, 0.717) is 17.7 Å². The van der Waals surface area contributed by atoms with Gasteiger partial charge >= 0.3 is 0 Å². The Morgan fingerprint density at radius 1 is 0.905 bits per heavy atom. The minimum Gasteiger partial charge on any atom is -0.490 e. The molecule has 0 amide bonds. The largest absolute Gasteiger partial charge is 0.490 e. The molecule has 0 bridgehead atoms. The highest BCUT2D eigenvalue weighted by atomic mass is 16.5. The molecule has 0 atom stereocenters. The third-order valence-electron chi connectivity index (χ3n) is 2.88. The maximum Gasteiger partial charge on any atom is 0.227 e. The molecule has 0 aliphatic carbocycles. The molecule has 2 aromatic carbocycles. The van der Waals surface area contributed by atoms with Crippen LogP contribution in [0.25, 0.3) is 0 Å². The molecule has 0 aliphatic rings. The number of benzene rings is 2. The van der Waals surface area contributed by atoms with Crippen LogP contribution in [0.2, 0.25) is 0 Å². The van der Waals surface area contributed by atoms with E-state index >= 15 is 0 Å². The van der Waals surface area contributed by atoms with Crippen LogP contribution in [0.4, 0.5) is 0 Å². The van der Waals surface area contributed by atoms with Crippen LogP contribution in [-0.2, 0) is 4.74 Å². The van der Waals surface area contributed by atoms with Gasteiger partial charge in [-0.15, -0.1) is 0 Å². The van der Waals surface area contributed by atoms with Gasteiger partial charge in [-0.05, 0) is 6.92 Å². The fraction of sp³-hybridized carbons (Fsp3) is 0.111. The van der Waals surface area contributed by atoms with Crippen molar-refractivity contribution in [1.29, 1.82) is 0 Å². The Bertz CT molecular complexity index is 643. The lowest BCUT2D eigenvalue weighted by Crippen LogP contribution is -2.09. The molecule has 0 saturated carbocycles. The Morgan fingerprint density at radius 2 is 1.43 bits per heavy atom. The van der Waals surface area contributed by atoms with E-state index in [4.69, 9.17) is 4.74 Å². The van der Waals surface area contributed by atoms with Gasteiger partial charge in [0.25, 0.3) is 0 Å². The number of ketones is 2. The van der Waals surface area contributed by atoms with Crippen LogP contribution >= 0.6 is 0 Å². The van der Waals surface area contributed by atoms with Gasteiger partial charge in [-0.1, -0.05) is 60.7 Å². The van der Waals surface area contributed by atoms with Crippen LogP contribution in [0.5, 0.6) is 0 Å². The number of ether oxygens (including phenoxy) is 1. The van der Waals surface area contributed by atoms with Gasteiger partial charge < -0.3 is 4.74 Å². The number of carbonyl (C=O) groups is 2. The Kier molecular flexibility index (Phi) is 5.04. The van der Waals surface area contributed by atoms with E-state index in [1.807, 2.05) is 12.1 Å². The SMILES string of the molecule is CCO/C(=C/C(=O)c1ccccc1)C(=O)c1ccccc1. The van der Waals surface area contributed by atoms with Gasteiger partial charge in [0.05, 0.1) is 6.61 Å². The molecule has 0 unspecified atom stereocenters. The number of carbonyl (C=O) groups excluding carboxylic acids is 2. The molecule has 0 spiro atoms. The van der Waals surface area contributed by atoms with Crippen LogP contribution in [0, 0.1) is 0 Å². The first-order valence-electron chi connectivity index (χ1n) is 6.76. The first-order valence-corrected chi connectivity index (χ1v) is 6.76. The summed E-state index contributed by atoms with van der Waals surface area (Å²) in [6, 6.07) is 17.6. The van der Waals surface area contributed by atoms with Gasteiger partial charge in [-0.3, -0.25) is 9.59 Å². The smallest absolute Gasteiger partial charge is 0.227 e. The normalized spacial score (nSPS) is 11.0. The summed E-state index contributed by atoms with van der Waals surface area (Å²) in [7, 11) is 0. The van der Waals surface area contributed by atoms with Crippen LogP contribution in [0.15, 0.2) is 72.5 Å². The monoisotopic (exact) mass is 280 g/mol. The van der Waals surface area contributed by atoms with E-state index in [9.17, 15) is 9.59 Å². The first-order chi connectivity index (χ1) is 10.2. The van der Waals surface area contributed by atoms with E-state index in [1.165, 1.54) is 6.08 Å². The fourth-order valence-electron chi connectivity index (χ4n) is 1.86. The standard InChI is InChI=1S/C18H16O3/c1-2-21-17(18(20)15-11-7-4-8-12-15)13-16(19)14-9-5-3-6-10-14/h3-13H,2H2,1H3/b17-13+. The van der Waals surface area contributed by atoms with Gasteiger partial charge in [0, 0.05) is 17.2 Å². The van der Waals surface area contributed by atoms with Crippen molar-refractivity contribution in [2.45, 2.75) is 6.92 Å². The topological polar surface area (TPSA) is 43.4 Å². The molecule has 2 rings (SSSR count). The predicted molar refractivity (Wildman–Crippen MR) is 81.3 cm³/mol. The molecule has 0 aromatic heterocycles. The van der Waals surface area contributed by atoms with E-state index in [-0.39, 0.29) is 17.3 Å². The van der Waals surface area contributed by atoms with Crippen molar-refractivity contribution >= 4 is 11.6 Å². The van der Waals surface area contributed by atoms with Gasteiger partial charge in [0.2, 0.25) is 5.78 Å². The Balaban J connectivity index is 2.28. The van der Waals surface area contributed by atoms with Crippen molar-refractivity contribution in [1.82, 2.24) is 0 Å². The van der Waals surface area contributed by atoms with Crippen LogP contribution in [-0.4, -0.2) is 18.2 Å². The van der Waals surface area contributed by atoms with Crippen LogP contribution < -0.4 is 0 Å². The maximum atomic E-state index is 12.4. The molecule has 0 heterocycles. The molecule has 0 N–H and O–H groups in total. The van der Waals surface area contributed by atoms with Crippen molar-refractivity contribution in [2.75, 3.05) is 6.61 Å². The van der Waals surface area contributed by atoms with Crippen molar-refractivity contribution in [3.8, 4) is 0 Å². The molecule has 3 heteroatoms. The molecule has 0 aliphatic heterocycles. The highest BCUT2D eigenvalue weighted by Gasteiger charge is 2.15. The summed E-state index contributed by atoms with van der Waals surface area (Å²) >= 11 is 0. The molecule has 0 fully saturated rings. The second kappa shape index (κ2) is 7.20. The predicted octanol–water partition coefficient (Wildman–Crippen LogP) is 3.67. The van der Waals surface area contributed by atoms with Crippen molar-refractivity contribution in [3.63, 3.8) is 0 Å². The minimum absolute atomic E-state index is 0.0672. The number of hydrogen-bond acceptors (Lipinski definition) is 3. The van der Waals surface area contributed by atoms with E-state index in [1.54, 1.807) is 55.5 Å². The average molecular weight is 280 g/mol. The molecule has 106 valence electrons. The average Bonchev–Trinajstić information content (AvgIpc) is 2.55. The second-order valence-corrected chi connectivity index (χ2v) is 4.37. The molecular formula is C18H16O3. The van der Waals surface area contributed by atoms with Gasteiger partial charge in [-0.2, -0.15) is 0 Å². The molecule has 3 nitrogen and oxygen atoms in total. The maximum absolute atomic E-state index is 12.4. The molecule has 21 heavy (non-hydrogen) atoms. The Labute approximate surface area is 123 Å². The summed E-state index contributed by atoms with van der Waals surface area (Å²) in [5.41, 5.74) is 1.02. The minimum atomic E-state index is -0.290. The Morgan fingerprint density at radius 3 is 1.95 bits per heavy atom. The van der Waals surface area contributed by atoms with Gasteiger partial charge in [0.15, 0.2) is 11.5 Å². The highest BCUT2D eigenvalue weighted by Crippen LogP contribution is 2.12. The zero-order valence-corrected chi connectivity index (χ0v) is 11.8. The Hall–Kier alpha value is -2.68. The van der Waals surface area contributed by atoms with Gasteiger partial charge in [0.1, 0.15) is 0 Å². The zero-order chi connectivity index (χ0) is 15.1. The summed E-state index contributed by atoms with van der Waals surface area (Å²) in [4.78, 5) is 24.5. The second-order valence-electron chi connectivity index (χ2n) is 4.37. The summed E-state index contributed by atoms with van der Waals surface area (Å²) in [6.45, 7) is 2.10. The molecular weight excluding hydrogens is 264 g/mol. The molecule has 0 saturated heterocycles. The van der Waals surface area contributed by atoms with Crippen LogP contribution in [0.3, 0.4) is 0 Å². The summed E-state index contributed by atoms with van der Waals surface area (Å²) in [5, 5.41) is 0. The van der Waals surface area contributed by atoms with Crippen molar-refractivity contribution in [3.05, 3.63) is 83.6 Å². The number of Topliss-reactive ketones (excluding diaryl/α,β-unsaturated/α-hetero) is 1. The molecule has 0 radical (unpaired) electrons. The summed E-state index contributed by atoms with van der Waals surface area (Å²) in [6.07, 6.45) is 1.26. The highest BCUT2D eigenvalue weighted by molar-refractivity contribution is 6.13. The third kappa shape index (κ3) is 3.89. The molecule has 2 aromatic rings. The van der Waals surface area contributed by atoms with E-state index < -0.39 is 0 Å². The summed E-state index contributed by atoms with van der Waals surface area (Å²) < 4.78 is 5.34. The van der Waals surface area contributed by atoms with Crippen molar-refractivity contribution in [2.24, 2.45) is 0 Å². The first kappa shape index (κ1) is 14.7. The number of rotatable bonds is 6. The van der Waals surface area contributed by atoms with E-state index in [2.05, 4.69) is 0 Å².